The number of carbonyl (C=O) groups excluding carboxylic acids is 1. The molecule has 0 spiro atoms. The first-order valence-electron chi connectivity index (χ1n) is 6.46. The summed E-state index contributed by atoms with van der Waals surface area (Å²) in [4.78, 5) is 18.4. The number of para-hydroxylation sites is 1. The summed E-state index contributed by atoms with van der Waals surface area (Å²) in [5.41, 5.74) is 8.15. The quantitative estimate of drug-likeness (QED) is 0.776. The standard InChI is InChI=1S/C14H15N5OS/c1-8-12(15)13(18-17-8)14(20)19(2)7-11-16-9-5-3-4-6-10(9)21-11/h3-6H,7,15H2,1-2H3,(H,17,18). The number of fused-ring (bicyclic) bond motifs is 1. The smallest absolute Gasteiger partial charge is 0.276 e. The molecule has 0 aliphatic rings. The molecule has 1 aromatic carbocycles. The van der Waals surface area contributed by atoms with Crippen LogP contribution in [0.1, 0.15) is 21.2 Å². The maximum Gasteiger partial charge on any atom is 0.276 e. The Morgan fingerprint density at radius 1 is 1.43 bits per heavy atom. The molecule has 0 aliphatic carbocycles. The van der Waals surface area contributed by atoms with Crippen LogP contribution in [0.2, 0.25) is 0 Å². The third-order valence-corrected chi connectivity index (χ3v) is 4.28. The molecule has 0 bridgehead atoms. The average Bonchev–Trinajstić information content (AvgIpc) is 3.02. The fraction of sp³-hybridized carbons (Fsp3) is 0.214. The highest BCUT2D eigenvalue weighted by Gasteiger charge is 2.20. The van der Waals surface area contributed by atoms with Gasteiger partial charge in [0, 0.05) is 7.05 Å². The average molecular weight is 301 g/mol. The van der Waals surface area contributed by atoms with Crippen LogP contribution in [-0.4, -0.2) is 33.0 Å². The van der Waals surface area contributed by atoms with Gasteiger partial charge in [0.2, 0.25) is 0 Å². The van der Waals surface area contributed by atoms with Crippen molar-refractivity contribution in [2.75, 3.05) is 12.8 Å². The zero-order valence-corrected chi connectivity index (χ0v) is 12.6. The first kappa shape index (κ1) is 13.6. The maximum absolute atomic E-state index is 12.3. The van der Waals surface area contributed by atoms with E-state index < -0.39 is 0 Å². The number of nitrogens with zero attached hydrogens (tertiary/aromatic N) is 3. The topological polar surface area (TPSA) is 87.9 Å². The van der Waals surface area contributed by atoms with Crippen molar-refractivity contribution >= 4 is 33.1 Å². The third-order valence-electron chi connectivity index (χ3n) is 3.25. The van der Waals surface area contributed by atoms with E-state index in [1.165, 1.54) is 0 Å². The molecular weight excluding hydrogens is 286 g/mol. The number of hydrogen-bond acceptors (Lipinski definition) is 5. The normalized spacial score (nSPS) is 11.0. The van der Waals surface area contributed by atoms with E-state index in [4.69, 9.17) is 5.73 Å². The molecule has 0 atom stereocenters. The summed E-state index contributed by atoms with van der Waals surface area (Å²) in [5.74, 6) is -0.212. The predicted octanol–water partition coefficient (Wildman–Crippen LogP) is 2.18. The second-order valence-corrected chi connectivity index (χ2v) is 5.96. The second kappa shape index (κ2) is 5.17. The molecule has 0 radical (unpaired) electrons. The van der Waals surface area contributed by atoms with Crippen molar-refractivity contribution in [3.8, 4) is 0 Å². The van der Waals surface area contributed by atoms with E-state index in [2.05, 4.69) is 15.2 Å². The largest absolute Gasteiger partial charge is 0.395 e. The minimum atomic E-state index is -0.212. The van der Waals surface area contributed by atoms with Gasteiger partial charge in [-0.3, -0.25) is 9.89 Å². The van der Waals surface area contributed by atoms with Gasteiger partial charge in [0.15, 0.2) is 5.69 Å². The van der Waals surface area contributed by atoms with Crippen LogP contribution in [0.25, 0.3) is 10.2 Å². The number of rotatable bonds is 3. The number of carbonyl (C=O) groups is 1. The number of nitrogen functional groups attached to an aromatic ring is 1. The van der Waals surface area contributed by atoms with Gasteiger partial charge in [-0.25, -0.2) is 4.98 Å². The van der Waals surface area contributed by atoms with Crippen LogP contribution >= 0.6 is 11.3 Å². The second-order valence-electron chi connectivity index (χ2n) is 4.85. The monoisotopic (exact) mass is 301 g/mol. The molecular formula is C14H15N5OS. The molecule has 0 unspecified atom stereocenters. The summed E-state index contributed by atoms with van der Waals surface area (Å²) in [7, 11) is 1.72. The van der Waals surface area contributed by atoms with Crippen molar-refractivity contribution in [1.82, 2.24) is 20.1 Å². The van der Waals surface area contributed by atoms with Crippen LogP contribution in [0.5, 0.6) is 0 Å². The number of aromatic amines is 1. The maximum atomic E-state index is 12.3. The number of benzene rings is 1. The van der Waals surface area contributed by atoms with Crippen LogP contribution in [0.4, 0.5) is 5.69 Å². The first-order valence-corrected chi connectivity index (χ1v) is 7.28. The molecule has 0 saturated heterocycles. The van der Waals surface area contributed by atoms with E-state index in [-0.39, 0.29) is 11.6 Å². The molecule has 3 N–H and O–H groups in total. The van der Waals surface area contributed by atoms with Gasteiger partial charge in [0.25, 0.3) is 5.91 Å². The Labute approximate surface area is 125 Å². The highest BCUT2D eigenvalue weighted by atomic mass is 32.1. The molecule has 1 amide bonds. The summed E-state index contributed by atoms with van der Waals surface area (Å²) < 4.78 is 1.11. The number of nitrogens with one attached hydrogen (secondary N) is 1. The highest BCUT2D eigenvalue weighted by Crippen LogP contribution is 2.23. The first-order chi connectivity index (χ1) is 10.1. The van der Waals surface area contributed by atoms with Gasteiger partial charge in [-0.2, -0.15) is 5.10 Å². The van der Waals surface area contributed by atoms with Gasteiger partial charge >= 0.3 is 0 Å². The molecule has 6 nitrogen and oxygen atoms in total. The molecule has 7 heteroatoms. The summed E-state index contributed by atoms with van der Waals surface area (Å²) in [5, 5.41) is 7.57. The molecule has 0 saturated carbocycles. The lowest BCUT2D eigenvalue weighted by Gasteiger charge is -2.14. The van der Waals surface area contributed by atoms with Gasteiger partial charge in [0.1, 0.15) is 5.01 Å². The Balaban J connectivity index is 1.80. The van der Waals surface area contributed by atoms with E-state index in [0.717, 1.165) is 15.2 Å². The molecule has 2 aromatic heterocycles. The van der Waals surface area contributed by atoms with Crippen molar-refractivity contribution in [3.63, 3.8) is 0 Å². The Morgan fingerprint density at radius 2 is 2.19 bits per heavy atom. The number of hydrogen-bond donors (Lipinski definition) is 2. The van der Waals surface area contributed by atoms with Gasteiger partial charge in [-0.05, 0) is 19.1 Å². The Bertz CT molecular complexity index is 774. The lowest BCUT2D eigenvalue weighted by Crippen LogP contribution is -2.27. The van der Waals surface area contributed by atoms with Crippen LogP contribution in [0.15, 0.2) is 24.3 Å². The van der Waals surface area contributed by atoms with Crippen molar-refractivity contribution in [1.29, 1.82) is 0 Å². The lowest BCUT2D eigenvalue weighted by molar-refractivity contribution is 0.0780. The Kier molecular flexibility index (Phi) is 3.34. The molecule has 108 valence electrons. The molecule has 21 heavy (non-hydrogen) atoms. The molecule has 0 fully saturated rings. The number of amides is 1. The number of anilines is 1. The van der Waals surface area contributed by atoms with Crippen molar-refractivity contribution in [2.45, 2.75) is 13.5 Å². The summed E-state index contributed by atoms with van der Waals surface area (Å²) in [6.07, 6.45) is 0. The van der Waals surface area contributed by atoms with Crippen molar-refractivity contribution in [2.24, 2.45) is 0 Å². The molecule has 3 aromatic rings. The third kappa shape index (κ3) is 2.47. The fourth-order valence-corrected chi connectivity index (χ4v) is 3.06. The molecule has 0 aliphatic heterocycles. The summed E-state index contributed by atoms with van der Waals surface area (Å²) in [6.45, 7) is 2.22. The SMILES string of the molecule is Cc1[nH]nc(C(=O)N(C)Cc2nc3ccccc3s2)c1N. The molecule has 3 rings (SSSR count). The minimum absolute atomic E-state index is 0.212. The van der Waals surface area contributed by atoms with Crippen molar-refractivity contribution < 1.29 is 4.79 Å². The van der Waals surface area contributed by atoms with Gasteiger partial charge in [0.05, 0.1) is 28.1 Å². The van der Waals surface area contributed by atoms with E-state index in [0.29, 0.717) is 17.9 Å². The van der Waals surface area contributed by atoms with E-state index in [1.54, 1.807) is 30.2 Å². The summed E-state index contributed by atoms with van der Waals surface area (Å²) >= 11 is 1.58. The summed E-state index contributed by atoms with van der Waals surface area (Å²) in [6, 6.07) is 7.92. The van der Waals surface area contributed by atoms with E-state index in [9.17, 15) is 4.79 Å². The Morgan fingerprint density at radius 3 is 2.86 bits per heavy atom. The number of aryl methyl sites for hydroxylation is 1. The number of aromatic nitrogens is 3. The van der Waals surface area contributed by atoms with Gasteiger partial charge in [-0.15, -0.1) is 11.3 Å². The van der Waals surface area contributed by atoms with E-state index >= 15 is 0 Å². The fourth-order valence-electron chi connectivity index (χ4n) is 2.04. The van der Waals surface area contributed by atoms with Gasteiger partial charge in [-0.1, -0.05) is 12.1 Å². The van der Waals surface area contributed by atoms with Crippen LogP contribution < -0.4 is 5.73 Å². The Hall–Kier alpha value is -2.41. The number of nitrogens with two attached hydrogens (primary N) is 1. The van der Waals surface area contributed by atoms with Crippen LogP contribution in [0.3, 0.4) is 0 Å². The molecule has 2 heterocycles. The number of thiazole rings is 1. The predicted molar refractivity (Wildman–Crippen MR) is 83.2 cm³/mol. The van der Waals surface area contributed by atoms with Crippen LogP contribution in [-0.2, 0) is 6.54 Å². The number of H-pyrrole nitrogens is 1. The van der Waals surface area contributed by atoms with Crippen molar-refractivity contribution in [3.05, 3.63) is 40.7 Å². The zero-order chi connectivity index (χ0) is 15.0. The van der Waals surface area contributed by atoms with E-state index in [1.807, 2.05) is 24.3 Å². The lowest BCUT2D eigenvalue weighted by atomic mass is 10.3. The highest BCUT2D eigenvalue weighted by molar-refractivity contribution is 7.18. The van der Waals surface area contributed by atoms with Gasteiger partial charge < -0.3 is 10.6 Å². The zero-order valence-electron chi connectivity index (χ0n) is 11.8. The minimum Gasteiger partial charge on any atom is -0.395 e. The van der Waals surface area contributed by atoms with Crippen LogP contribution in [0, 0.1) is 6.92 Å².